The molecule has 0 radical (unpaired) electrons. The number of piperidine rings is 1. The lowest BCUT2D eigenvalue weighted by Gasteiger charge is -2.43. The van der Waals surface area contributed by atoms with E-state index in [9.17, 15) is 4.79 Å². The van der Waals surface area contributed by atoms with Gasteiger partial charge in [0.15, 0.2) is 0 Å². The molecule has 98 valence electrons. The number of hydrogen-bond donors (Lipinski definition) is 1. The number of carbonyl (C=O) groups is 1. The van der Waals surface area contributed by atoms with Crippen LogP contribution >= 0.6 is 0 Å². The van der Waals surface area contributed by atoms with Crippen LogP contribution in [0.15, 0.2) is 0 Å². The van der Waals surface area contributed by atoms with E-state index >= 15 is 0 Å². The lowest BCUT2D eigenvalue weighted by atomic mass is 9.76. The van der Waals surface area contributed by atoms with Gasteiger partial charge in [0.25, 0.3) is 0 Å². The molecule has 1 amide bonds. The van der Waals surface area contributed by atoms with Crippen molar-refractivity contribution < 1.29 is 9.53 Å². The smallest absolute Gasteiger partial charge is 0.242 e. The van der Waals surface area contributed by atoms with Gasteiger partial charge in [-0.15, -0.1) is 0 Å². The Morgan fingerprint density at radius 1 is 1.47 bits per heavy atom. The number of carbonyl (C=O) groups excluding carboxylic acids is 1. The van der Waals surface area contributed by atoms with Crippen molar-refractivity contribution in [3.05, 3.63) is 0 Å². The van der Waals surface area contributed by atoms with Crippen LogP contribution in [0.2, 0.25) is 0 Å². The molecule has 1 saturated heterocycles. The zero-order valence-corrected chi connectivity index (χ0v) is 10.8. The summed E-state index contributed by atoms with van der Waals surface area (Å²) in [5, 5.41) is 0. The highest BCUT2D eigenvalue weighted by Crippen LogP contribution is 2.32. The number of likely N-dealkylation sites (tertiary alicyclic amines) is 1. The second kappa shape index (κ2) is 5.36. The molecule has 1 aliphatic carbocycles. The average molecular weight is 240 g/mol. The molecule has 4 heteroatoms. The molecule has 0 spiro atoms. The van der Waals surface area contributed by atoms with Gasteiger partial charge in [-0.1, -0.05) is 6.92 Å². The highest BCUT2D eigenvalue weighted by Gasteiger charge is 2.43. The highest BCUT2D eigenvalue weighted by molar-refractivity contribution is 5.87. The summed E-state index contributed by atoms with van der Waals surface area (Å²) in [6.45, 7) is 4.48. The van der Waals surface area contributed by atoms with Crippen LogP contribution in [0.3, 0.4) is 0 Å². The van der Waals surface area contributed by atoms with Crippen LogP contribution < -0.4 is 5.73 Å². The molecule has 4 nitrogen and oxygen atoms in total. The normalized spacial score (nSPS) is 27.6. The van der Waals surface area contributed by atoms with Crippen LogP contribution in [0.25, 0.3) is 0 Å². The third-order valence-corrected chi connectivity index (χ3v) is 3.89. The summed E-state index contributed by atoms with van der Waals surface area (Å²) in [4.78, 5) is 14.2. The lowest BCUT2D eigenvalue weighted by molar-refractivity contribution is -0.144. The first kappa shape index (κ1) is 12.8. The number of ether oxygens (including phenoxy) is 1. The third kappa shape index (κ3) is 2.80. The first-order valence-electron chi connectivity index (χ1n) is 6.85. The molecular weight excluding hydrogens is 216 g/mol. The lowest BCUT2D eigenvalue weighted by Crippen LogP contribution is -2.61. The molecular formula is C13H24N2O2. The van der Waals surface area contributed by atoms with Gasteiger partial charge in [-0.2, -0.15) is 0 Å². The van der Waals surface area contributed by atoms with Crippen LogP contribution in [0.1, 0.15) is 45.4 Å². The van der Waals surface area contributed by atoms with Crippen molar-refractivity contribution in [1.82, 2.24) is 4.90 Å². The molecule has 0 aromatic rings. The molecule has 2 rings (SSSR count). The monoisotopic (exact) mass is 240 g/mol. The Labute approximate surface area is 103 Å². The summed E-state index contributed by atoms with van der Waals surface area (Å²) in [5.74, 6) is 0.147. The van der Waals surface area contributed by atoms with Crippen LogP contribution in [0.4, 0.5) is 0 Å². The number of hydrogen-bond acceptors (Lipinski definition) is 3. The van der Waals surface area contributed by atoms with Crippen LogP contribution in [-0.2, 0) is 9.53 Å². The maximum absolute atomic E-state index is 12.3. The molecule has 1 atom stereocenters. The molecule has 1 saturated carbocycles. The van der Waals surface area contributed by atoms with Gasteiger partial charge in [0, 0.05) is 19.7 Å². The fraction of sp³-hybridized carbons (Fsp3) is 0.923. The molecule has 2 fully saturated rings. The standard InChI is InChI=1S/C13H24N2O2/c1-2-9-17-11-5-3-8-15(10-11)12(16)13(14)6-4-7-13/h11H,2-10,14H2,1H3. The minimum Gasteiger partial charge on any atom is -0.376 e. The summed E-state index contributed by atoms with van der Waals surface area (Å²) in [6, 6.07) is 0. The zero-order valence-electron chi connectivity index (χ0n) is 10.8. The molecule has 2 aliphatic rings. The Morgan fingerprint density at radius 3 is 2.82 bits per heavy atom. The van der Waals surface area contributed by atoms with Gasteiger partial charge < -0.3 is 15.4 Å². The predicted octanol–water partition coefficient (Wildman–Crippen LogP) is 1.29. The summed E-state index contributed by atoms with van der Waals surface area (Å²) < 4.78 is 5.74. The van der Waals surface area contributed by atoms with Crippen molar-refractivity contribution in [2.75, 3.05) is 19.7 Å². The van der Waals surface area contributed by atoms with E-state index in [0.717, 1.165) is 58.2 Å². The average Bonchev–Trinajstić information content (AvgIpc) is 2.33. The molecule has 1 aliphatic heterocycles. The molecule has 1 heterocycles. The van der Waals surface area contributed by atoms with E-state index in [1.165, 1.54) is 0 Å². The number of nitrogens with two attached hydrogens (primary N) is 1. The molecule has 2 N–H and O–H groups in total. The van der Waals surface area contributed by atoms with E-state index in [4.69, 9.17) is 10.5 Å². The van der Waals surface area contributed by atoms with Gasteiger partial charge in [-0.25, -0.2) is 0 Å². The largest absolute Gasteiger partial charge is 0.376 e. The van der Waals surface area contributed by atoms with Crippen molar-refractivity contribution in [3.8, 4) is 0 Å². The van der Waals surface area contributed by atoms with Crippen molar-refractivity contribution in [1.29, 1.82) is 0 Å². The van der Waals surface area contributed by atoms with Gasteiger partial charge in [0.1, 0.15) is 0 Å². The SMILES string of the molecule is CCCOC1CCCN(C(=O)C2(N)CCC2)C1. The van der Waals surface area contributed by atoms with E-state index < -0.39 is 5.54 Å². The Morgan fingerprint density at radius 2 is 2.24 bits per heavy atom. The van der Waals surface area contributed by atoms with E-state index in [0.29, 0.717) is 0 Å². The molecule has 0 aromatic heterocycles. The van der Waals surface area contributed by atoms with E-state index in [-0.39, 0.29) is 12.0 Å². The minimum absolute atomic E-state index is 0.147. The number of nitrogens with zero attached hydrogens (tertiary/aromatic N) is 1. The summed E-state index contributed by atoms with van der Waals surface area (Å²) in [7, 11) is 0. The second-order valence-electron chi connectivity index (χ2n) is 5.40. The van der Waals surface area contributed by atoms with E-state index in [1.807, 2.05) is 4.90 Å². The van der Waals surface area contributed by atoms with Gasteiger partial charge in [-0.05, 0) is 38.5 Å². The summed E-state index contributed by atoms with van der Waals surface area (Å²) >= 11 is 0. The first-order valence-corrected chi connectivity index (χ1v) is 6.85. The maximum Gasteiger partial charge on any atom is 0.242 e. The third-order valence-electron chi connectivity index (χ3n) is 3.89. The predicted molar refractivity (Wildman–Crippen MR) is 66.6 cm³/mol. The van der Waals surface area contributed by atoms with Crippen LogP contribution in [0, 0.1) is 0 Å². The van der Waals surface area contributed by atoms with Gasteiger partial charge in [0.2, 0.25) is 5.91 Å². The van der Waals surface area contributed by atoms with Crippen LogP contribution in [0.5, 0.6) is 0 Å². The minimum atomic E-state index is -0.549. The number of rotatable bonds is 4. The topological polar surface area (TPSA) is 55.6 Å². The fourth-order valence-corrected chi connectivity index (χ4v) is 2.63. The summed E-state index contributed by atoms with van der Waals surface area (Å²) in [5.41, 5.74) is 5.54. The maximum atomic E-state index is 12.3. The van der Waals surface area contributed by atoms with Gasteiger partial charge >= 0.3 is 0 Å². The van der Waals surface area contributed by atoms with Crippen molar-refractivity contribution >= 4 is 5.91 Å². The van der Waals surface area contributed by atoms with Crippen LogP contribution in [-0.4, -0.2) is 42.1 Å². The quantitative estimate of drug-likeness (QED) is 0.805. The molecule has 0 aromatic carbocycles. The number of amides is 1. The van der Waals surface area contributed by atoms with Gasteiger partial charge in [-0.3, -0.25) is 4.79 Å². The summed E-state index contributed by atoms with van der Waals surface area (Å²) in [6.07, 6.45) is 6.15. The fourth-order valence-electron chi connectivity index (χ4n) is 2.63. The Kier molecular flexibility index (Phi) is 4.05. The Hall–Kier alpha value is -0.610. The Bertz CT molecular complexity index is 277. The molecule has 17 heavy (non-hydrogen) atoms. The molecule has 1 unspecified atom stereocenters. The van der Waals surface area contributed by atoms with Crippen molar-refractivity contribution in [3.63, 3.8) is 0 Å². The van der Waals surface area contributed by atoms with Gasteiger partial charge in [0.05, 0.1) is 11.6 Å². The van der Waals surface area contributed by atoms with E-state index in [1.54, 1.807) is 0 Å². The highest BCUT2D eigenvalue weighted by atomic mass is 16.5. The zero-order chi connectivity index (χ0) is 12.3. The first-order chi connectivity index (χ1) is 8.15. The van der Waals surface area contributed by atoms with Crippen molar-refractivity contribution in [2.24, 2.45) is 5.73 Å². The van der Waals surface area contributed by atoms with Crippen molar-refractivity contribution in [2.45, 2.75) is 57.1 Å². The Balaban J connectivity index is 1.86. The molecule has 0 bridgehead atoms. The second-order valence-corrected chi connectivity index (χ2v) is 5.40. The van der Waals surface area contributed by atoms with E-state index in [2.05, 4.69) is 6.92 Å².